The Hall–Kier alpha value is -2.70. The maximum Gasteiger partial charge on any atom is 0.272 e. The topological polar surface area (TPSA) is 77.6 Å². The molecule has 2 heterocycles. The van der Waals surface area contributed by atoms with Crippen LogP contribution in [-0.2, 0) is 13.6 Å². The first-order valence-corrected chi connectivity index (χ1v) is 6.72. The number of nitrogens with one attached hydrogen (secondary N) is 1. The zero-order valence-corrected chi connectivity index (χ0v) is 11.9. The zero-order chi connectivity index (χ0) is 14.8. The highest BCUT2D eigenvalue weighted by Crippen LogP contribution is 2.10. The average Bonchev–Trinajstić information content (AvgIpc) is 3.06. The van der Waals surface area contributed by atoms with Gasteiger partial charge in [0.05, 0.1) is 12.1 Å². The summed E-state index contributed by atoms with van der Waals surface area (Å²) in [6, 6.07) is 9.35. The summed E-state index contributed by atoms with van der Waals surface area (Å²) in [4.78, 5) is 12.0. The van der Waals surface area contributed by atoms with Crippen LogP contribution in [0.1, 0.15) is 17.4 Å². The molecule has 0 saturated heterocycles. The van der Waals surface area contributed by atoms with E-state index in [1.807, 2.05) is 31.2 Å². The Morgan fingerprint density at radius 1 is 1.33 bits per heavy atom. The van der Waals surface area contributed by atoms with Crippen LogP contribution >= 0.6 is 0 Å². The average molecular weight is 284 g/mol. The smallest absolute Gasteiger partial charge is 0.272 e. The van der Waals surface area contributed by atoms with Crippen LogP contribution in [0.3, 0.4) is 0 Å². The van der Waals surface area contributed by atoms with Crippen LogP contribution in [0.4, 0.5) is 0 Å². The van der Waals surface area contributed by atoms with E-state index < -0.39 is 0 Å². The molecule has 108 valence electrons. The molecule has 0 bridgehead atoms. The third-order valence-corrected chi connectivity index (χ3v) is 3.19. The number of hydrogen-bond donors (Lipinski definition) is 1. The van der Waals surface area contributed by atoms with Crippen molar-refractivity contribution in [2.75, 3.05) is 0 Å². The number of nitrogens with zero attached hydrogens (tertiary/aromatic N) is 5. The van der Waals surface area contributed by atoms with Crippen LogP contribution in [0.25, 0.3) is 11.0 Å². The Labute approximate surface area is 121 Å². The number of carbonyl (C=O) groups excluding carboxylic acids is 1. The molecule has 3 rings (SSSR count). The quantitative estimate of drug-likeness (QED) is 0.775. The number of amides is 1. The van der Waals surface area contributed by atoms with Crippen molar-refractivity contribution in [1.82, 2.24) is 30.1 Å². The third-order valence-electron chi connectivity index (χ3n) is 3.19. The third kappa shape index (κ3) is 2.76. The van der Waals surface area contributed by atoms with Crippen LogP contribution in [0.5, 0.6) is 0 Å². The first-order chi connectivity index (χ1) is 10.1. The lowest BCUT2D eigenvalue weighted by Gasteiger charge is -2.13. The van der Waals surface area contributed by atoms with E-state index in [9.17, 15) is 4.79 Å². The Morgan fingerprint density at radius 2 is 2.14 bits per heavy atom. The monoisotopic (exact) mass is 284 g/mol. The van der Waals surface area contributed by atoms with Gasteiger partial charge in [-0.15, -0.1) is 5.10 Å². The summed E-state index contributed by atoms with van der Waals surface area (Å²) in [5.74, 6) is -0.187. The molecule has 0 radical (unpaired) electrons. The molecule has 0 fully saturated rings. The predicted molar refractivity (Wildman–Crippen MR) is 77.7 cm³/mol. The van der Waals surface area contributed by atoms with Gasteiger partial charge in [0.15, 0.2) is 0 Å². The standard InChI is InChI=1S/C14H16N6O/c1-10(15-14(21)12-7-8-19(2)17-12)9-20-13-6-4-3-5-11(13)16-18-20/h3-8,10H,9H2,1-2H3,(H,15,21)/t10-/m1/s1. The molecule has 0 aliphatic rings. The fourth-order valence-electron chi connectivity index (χ4n) is 2.19. The highest BCUT2D eigenvalue weighted by atomic mass is 16.2. The van der Waals surface area contributed by atoms with Crippen LogP contribution in [0.2, 0.25) is 0 Å². The summed E-state index contributed by atoms with van der Waals surface area (Å²) in [6.45, 7) is 2.48. The Kier molecular flexibility index (Phi) is 3.39. The van der Waals surface area contributed by atoms with Gasteiger partial charge in [-0.3, -0.25) is 9.48 Å². The van der Waals surface area contributed by atoms with Crippen LogP contribution in [0, 0.1) is 0 Å². The van der Waals surface area contributed by atoms with Gasteiger partial charge >= 0.3 is 0 Å². The minimum atomic E-state index is -0.187. The van der Waals surface area contributed by atoms with E-state index in [1.54, 1.807) is 28.7 Å². The summed E-state index contributed by atoms with van der Waals surface area (Å²) in [6.07, 6.45) is 1.74. The molecule has 0 aliphatic carbocycles. The van der Waals surface area contributed by atoms with Gasteiger partial charge in [-0.25, -0.2) is 4.68 Å². The minimum absolute atomic E-state index is 0.0791. The molecular weight excluding hydrogens is 268 g/mol. The molecular formula is C14H16N6O. The molecule has 1 aromatic carbocycles. The molecule has 0 unspecified atom stereocenters. The first kappa shape index (κ1) is 13.3. The van der Waals surface area contributed by atoms with Gasteiger partial charge in [0.2, 0.25) is 0 Å². The van der Waals surface area contributed by atoms with E-state index in [4.69, 9.17) is 0 Å². The number of benzene rings is 1. The van der Waals surface area contributed by atoms with Crippen molar-refractivity contribution < 1.29 is 4.79 Å². The SMILES string of the molecule is C[C@H](Cn1nnc2ccccc21)NC(=O)c1ccn(C)n1. The summed E-state index contributed by atoms with van der Waals surface area (Å²) in [7, 11) is 1.78. The molecule has 2 aromatic heterocycles. The highest BCUT2D eigenvalue weighted by Gasteiger charge is 2.14. The van der Waals surface area contributed by atoms with Crippen molar-refractivity contribution in [2.45, 2.75) is 19.5 Å². The molecule has 7 heteroatoms. The van der Waals surface area contributed by atoms with Crippen molar-refractivity contribution >= 4 is 16.9 Å². The van der Waals surface area contributed by atoms with Gasteiger partial charge in [-0.1, -0.05) is 17.3 Å². The van der Waals surface area contributed by atoms with Gasteiger partial charge in [-0.05, 0) is 25.1 Å². The summed E-state index contributed by atoms with van der Waals surface area (Å²) in [5, 5.41) is 15.2. The maximum absolute atomic E-state index is 12.0. The molecule has 0 saturated carbocycles. The largest absolute Gasteiger partial charge is 0.346 e. The van der Waals surface area contributed by atoms with E-state index >= 15 is 0 Å². The number of rotatable bonds is 4. The summed E-state index contributed by atoms with van der Waals surface area (Å²) < 4.78 is 3.39. The lowest BCUT2D eigenvalue weighted by atomic mass is 10.3. The van der Waals surface area contributed by atoms with E-state index in [1.165, 1.54) is 0 Å². The highest BCUT2D eigenvalue weighted by molar-refractivity contribution is 5.92. The second-order valence-electron chi connectivity index (χ2n) is 5.01. The molecule has 0 spiro atoms. The predicted octanol–water partition coefficient (Wildman–Crippen LogP) is 0.983. The van der Waals surface area contributed by atoms with E-state index in [-0.39, 0.29) is 11.9 Å². The summed E-state index contributed by atoms with van der Waals surface area (Å²) >= 11 is 0. The second kappa shape index (κ2) is 5.35. The van der Waals surface area contributed by atoms with Crippen molar-refractivity contribution in [3.63, 3.8) is 0 Å². The second-order valence-corrected chi connectivity index (χ2v) is 5.01. The Bertz CT molecular complexity index is 774. The Balaban J connectivity index is 1.69. The molecule has 1 N–H and O–H groups in total. The van der Waals surface area contributed by atoms with E-state index in [0.717, 1.165) is 11.0 Å². The first-order valence-electron chi connectivity index (χ1n) is 6.72. The van der Waals surface area contributed by atoms with Crippen molar-refractivity contribution in [3.8, 4) is 0 Å². The number of aromatic nitrogens is 5. The molecule has 21 heavy (non-hydrogen) atoms. The molecule has 3 aromatic rings. The van der Waals surface area contributed by atoms with Crippen LogP contribution in [0.15, 0.2) is 36.5 Å². The van der Waals surface area contributed by atoms with Crippen molar-refractivity contribution in [2.24, 2.45) is 7.05 Å². The number of aryl methyl sites for hydroxylation is 1. The summed E-state index contributed by atoms with van der Waals surface area (Å²) in [5.41, 5.74) is 2.21. The maximum atomic E-state index is 12.0. The number of hydrogen-bond acceptors (Lipinski definition) is 4. The fourth-order valence-corrected chi connectivity index (χ4v) is 2.19. The number of carbonyl (C=O) groups is 1. The van der Waals surface area contributed by atoms with Gasteiger partial charge in [0.1, 0.15) is 11.2 Å². The number of fused-ring (bicyclic) bond motifs is 1. The Morgan fingerprint density at radius 3 is 2.90 bits per heavy atom. The van der Waals surface area contributed by atoms with Gasteiger partial charge in [-0.2, -0.15) is 5.10 Å². The van der Waals surface area contributed by atoms with Gasteiger partial charge < -0.3 is 5.32 Å². The van der Waals surface area contributed by atoms with Crippen LogP contribution in [-0.4, -0.2) is 36.7 Å². The molecule has 0 aliphatic heterocycles. The molecule has 1 amide bonds. The van der Waals surface area contributed by atoms with Crippen molar-refractivity contribution in [1.29, 1.82) is 0 Å². The van der Waals surface area contributed by atoms with Crippen LogP contribution < -0.4 is 5.32 Å². The van der Waals surface area contributed by atoms with Crippen molar-refractivity contribution in [3.05, 3.63) is 42.2 Å². The van der Waals surface area contributed by atoms with E-state index in [2.05, 4.69) is 20.7 Å². The fraction of sp³-hybridized carbons (Fsp3) is 0.286. The lowest BCUT2D eigenvalue weighted by molar-refractivity contribution is 0.0930. The molecule has 1 atom stereocenters. The normalized spacial score (nSPS) is 12.5. The van der Waals surface area contributed by atoms with E-state index in [0.29, 0.717) is 12.2 Å². The minimum Gasteiger partial charge on any atom is -0.346 e. The van der Waals surface area contributed by atoms with Gasteiger partial charge in [0, 0.05) is 19.3 Å². The lowest BCUT2D eigenvalue weighted by Crippen LogP contribution is -2.36. The molecule has 7 nitrogen and oxygen atoms in total. The number of para-hydroxylation sites is 1. The van der Waals surface area contributed by atoms with Gasteiger partial charge in [0.25, 0.3) is 5.91 Å². The zero-order valence-electron chi connectivity index (χ0n) is 11.9.